The second-order valence-corrected chi connectivity index (χ2v) is 7.68. The molecule has 2 heterocycles. The lowest BCUT2D eigenvalue weighted by Gasteiger charge is -2.27. The van der Waals surface area contributed by atoms with Crippen LogP contribution in [0, 0.1) is 5.82 Å². The van der Waals surface area contributed by atoms with Crippen LogP contribution in [0.25, 0.3) is 10.9 Å². The Kier molecular flexibility index (Phi) is 7.06. The van der Waals surface area contributed by atoms with Crippen LogP contribution >= 0.6 is 11.6 Å². The van der Waals surface area contributed by atoms with Gasteiger partial charge in [-0.25, -0.2) is 14.2 Å². The van der Waals surface area contributed by atoms with E-state index in [2.05, 4.69) is 10.7 Å². The van der Waals surface area contributed by atoms with Crippen LogP contribution in [0.1, 0.15) is 29.2 Å². The molecular weight excluding hydrogens is 460 g/mol. The molecule has 3 N–H and O–H groups in total. The van der Waals surface area contributed by atoms with Crippen molar-refractivity contribution < 1.29 is 32.3 Å². The molecule has 0 radical (unpaired) electrons. The number of piperazine rings is 1. The molecule has 0 unspecified atom stereocenters. The van der Waals surface area contributed by atoms with E-state index in [1.807, 2.05) is 4.57 Å². The number of hydrazine groups is 1. The van der Waals surface area contributed by atoms with Crippen molar-refractivity contribution in [2.45, 2.75) is 25.1 Å². The fraction of sp³-hybridized carbons (Fsp3) is 0.421. The number of amides is 1. The van der Waals surface area contributed by atoms with Gasteiger partial charge in [-0.15, -0.1) is 0 Å². The van der Waals surface area contributed by atoms with Gasteiger partial charge in [-0.2, -0.15) is 13.2 Å². The predicted molar refractivity (Wildman–Crippen MR) is 107 cm³/mol. The number of rotatable bonds is 3. The third-order valence-corrected chi connectivity index (χ3v) is 5.17. The van der Waals surface area contributed by atoms with Crippen LogP contribution in [0.2, 0.25) is 5.02 Å². The molecule has 174 valence electrons. The summed E-state index contributed by atoms with van der Waals surface area (Å²) in [5.41, 5.74) is 2.89. The van der Waals surface area contributed by atoms with Crippen molar-refractivity contribution in [1.82, 2.24) is 20.3 Å². The first kappa shape index (κ1) is 24.0. The van der Waals surface area contributed by atoms with E-state index in [9.17, 15) is 27.2 Å². The summed E-state index contributed by atoms with van der Waals surface area (Å²) >= 11 is 5.89. The second kappa shape index (κ2) is 9.43. The van der Waals surface area contributed by atoms with Crippen LogP contribution in [-0.2, 0) is 4.79 Å². The van der Waals surface area contributed by atoms with Gasteiger partial charge in [-0.3, -0.25) is 15.0 Å². The van der Waals surface area contributed by atoms with Crippen molar-refractivity contribution in [1.29, 1.82) is 0 Å². The molecule has 32 heavy (non-hydrogen) atoms. The Morgan fingerprint density at radius 2 is 1.78 bits per heavy atom. The fourth-order valence-electron chi connectivity index (χ4n) is 3.14. The van der Waals surface area contributed by atoms with E-state index in [0.29, 0.717) is 18.6 Å². The van der Waals surface area contributed by atoms with Crippen LogP contribution in [0.15, 0.2) is 23.1 Å². The minimum atomic E-state index is -5.08. The number of fused-ring (bicyclic) bond motifs is 1. The molecule has 2 aliphatic rings. The number of alkyl halides is 3. The number of hydrogen-bond donors (Lipinski definition) is 3. The summed E-state index contributed by atoms with van der Waals surface area (Å²) in [6.45, 7) is 2.88. The zero-order chi connectivity index (χ0) is 23.6. The summed E-state index contributed by atoms with van der Waals surface area (Å²) in [6, 6.07) is 2.81. The summed E-state index contributed by atoms with van der Waals surface area (Å²) < 4.78 is 47.5. The van der Waals surface area contributed by atoms with Crippen molar-refractivity contribution in [2.75, 3.05) is 26.2 Å². The summed E-state index contributed by atoms with van der Waals surface area (Å²) in [4.78, 5) is 34.3. The Labute approximate surface area is 183 Å². The Bertz CT molecular complexity index is 1100. The smallest absolute Gasteiger partial charge is 0.475 e. The average molecular weight is 479 g/mol. The van der Waals surface area contributed by atoms with Gasteiger partial charge in [-0.1, -0.05) is 11.6 Å². The Balaban J connectivity index is 0.000000360. The van der Waals surface area contributed by atoms with E-state index >= 15 is 0 Å². The second-order valence-electron chi connectivity index (χ2n) is 7.27. The maximum absolute atomic E-state index is 13.9. The van der Waals surface area contributed by atoms with Gasteiger partial charge in [0.25, 0.3) is 5.91 Å². The molecule has 1 aromatic heterocycles. The van der Waals surface area contributed by atoms with Crippen molar-refractivity contribution in [3.8, 4) is 0 Å². The maximum Gasteiger partial charge on any atom is 0.490 e. The number of hydrogen-bond acceptors (Lipinski definition) is 5. The highest BCUT2D eigenvalue weighted by Crippen LogP contribution is 2.37. The molecule has 0 spiro atoms. The summed E-state index contributed by atoms with van der Waals surface area (Å²) in [5.74, 6) is -3.88. The number of halogens is 5. The molecule has 1 amide bonds. The standard InChI is InChI=1S/C17H18ClFN4O2.C2HF3O2/c18-13-8-15-11(7-14(13)19)16(24)12(9-23(15)10-1-2-10)17(25)21-22-5-3-20-4-6-22;3-2(4,5)1(6)7/h7-10,20H,1-6H2,(H,21,25);(H,6,7). The van der Waals surface area contributed by atoms with Gasteiger partial charge in [0.15, 0.2) is 0 Å². The quantitative estimate of drug-likeness (QED) is 0.585. The molecule has 2 fully saturated rings. The number of aromatic nitrogens is 1. The highest BCUT2D eigenvalue weighted by molar-refractivity contribution is 6.31. The van der Waals surface area contributed by atoms with E-state index in [1.54, 1.807) is 11.2 Å². The third kappa shape index (κ3) is 5.56. The van der Waals surface area contributed by atoms with Gasteiger partial charge >= 0.3 is 12.1 Å². The summed E-state index contributed by atoms with van der Waals surface area (Å²) in [6.07, 6.45) is -1.58. The molecule has 8 nitrogen and oxygen atoms in total. The molecular formula is C19H19ClF4N4O4. The molecule has 13 heteroatoms. The normalized spacial score (nSPS) is 16.9. The minimum absolute atomic E-state index is 0.0275. The molecule has 0 atom stereocenters. The van der Waals surface area contributed by atoms with Crippen LogP contribution in [-0.4, -0.2) is 58.9 Å². The Hall–Kier alpha value is -2.70. The van der Waals surface area contributed by atoms with Crippen molar-refractivity contribution in [3.63, 3.8) is 0 Å². The molecule has 1 aromatic carbocycles. The molecule has 1 saturated heterocycles. The van der Waals surface area contributed by atoms with Crippen molar-refractivity contribution in [2.24, 2.45) is 0 Å². The largest absolute Gasteiger partial charge is 0.490 e. The van der Waals surface area contributed by atoms with E-state index < -0.39 is 29.3 Å². The minimum Gasteiger partial charge on any atom is -0.475 e. The Morgan fingerprint density at radius 3 is 2.31 bits per heavy atom. The lowest BCUT2D eigenvalue weighted by atomic mass is 10.1. The molecule has 2 aromatic rings. The molecule has 1 aliphatic heterocycles. The van der Waals surface area contributed by atoms with Crippen molar-refractivity contribution in [3.05, 3.63) is 45.0 Å². The first-order valence-corrected chi connectivity index (χ1v) is 9.97. The van der Waals surface area contributed by atoms with Gasteiger partial charge in [0.2, 0.25) is 5.43 Å². The summed E-state index contributed by atoms with van der Waals surface area (Å²) in [7, 11) is 0. The average Bonchev–Trinajstić information content (AvgIpc) is 3.55. The highest BCUT2D eigenvalue weighted by atomic mass is 35.5. The van der Waals surface area contributed by atoms with Gasteiger partial charge < -0.3 is 15.0 Å². The third-order valence-electron chi connectivity index (χ3n) is 4.88. The van der Waals surface area contributed by atoms with Crippen LogP contribution in [0.4, 0.5) is 17.6 Å². The van der Waals surface area contributed by atoms with Crippen LogP contribution in [0.5, 0.6) is 0 Å². The number of benzene rings is 1. The van der Waals surface area contributed by atoms with Gasteiger partial charge in [0.1, 0.15) is 11.4 Å². The number of carbonyl (C=O) groups excluding carboxylic acids is 1. The maximum atomic E-state index is 13.9. The van der Waals surface area contributed by atoms with E-state index in [4.69, 9.17) is 21.5 Å². The number of aliphatic carboxylic acids is 1. The van der Waals surface area contributed by atoms with Crippen molar-refractivity contribution >= 4 is 34.4 Å². The van der Waals surface area contributed by atoms with E-state index in [0.717, 1.165) is 32.0 Å². The topological polar surface area (TPSA) is 104 Å². The molecule has 1 aliphatic carbocycles. The number of carboxylic acids is 1. The molecule has 1 saturated carbocycles. The van der Waals surface area contributed by atoms with E-state index in [1.165, 1.54) is 6.07 Å². The lowest BCUT2D eigenvalue weighted by Crippen LogP contribution is -2.52. The van der Waals surface area contributed by atoms with Crippen LogP contribution < -0.4 is 16.2 Å². The number of carbonyl (C=O) groups is 2. The van der Waals surface area contributed by atoms with Gasteiger partial charge in [0.05, 0.1) is 10.5 Å². The van der Waals surface area contributed by atoms with Gasteiger partial charge in [0, 0.05) is 43.8 Å². The lowest BCUT2D eigenvalue weighted by molar-refractivity contribution is -0.192. The SMILES string of the molecule is O=C(NN1CCNCC1)c1cn(C2CC2)c2cc(Cl)c(F)cc2c1=O.O=C(O)C(F)(F)F. The number of nitrogens with one attached hydrogen (secondary N) is 2. The predicted octanol–water partition coefficient (Wildman–Crippen LogP) is 2.31. The van der Waals surface area contributed by atoms with E-state index in [-0.39, 0.29) is 22.0 Å². The summed E-state index contributed by atoms with van der Waals surface area (Å²) in [5, 5.41) is 12.3. The number of carboxylic acid groups (broad SMARTS) is 1. The fourth-order valence-corrected chi connectivity index (χ4v) is 3.30. The number of pyridine rings is 1. The molecule has 4 rings (SSSR count). The van der Waals surface area contributed by atoms with Gasteiger partial charge in [-0.05, 0) is 25.0 Å². The Morgan fingerprint density at radius 1 is 1.19 bits per heavy atom. The van der Waals surface area contributed by atoms with Crippen LogP contribution in [0.3, 0.4) is 0 Å². The zero-order valence-corrected chi connectivity index (χ0v) is 17.3. The zero-order valence-electron chi connectivity index (χ0n) is 16.5. The first-order chi connectivity index (χ1) is 15.0. The number of nitrogens with zero attached hydrogens (tertiary/aromatic N) is 2. The monoisotopic (exact) mass is 478 g/mol. The first-order valence-electron chi connectivity index (χ1n) is 9.59. The highest BCUT2D eigenvalue weighted by Gasteiger charge is 2.38. The molecule has 0 bridgehead atoms.